The number of nitrogens with one attached hydrogen (secondary N) is 1. The fraction of sp³-hybridized carbons (Fsp3) is 0.321. The second kappa shape index (κ2) is 10.8. The van der Waals surface area contributed by atoms with Crippen LogP contribution in [0.2, 0.25) is 0 Å². The van der Waals surface area contributed by atoms with Gasteiger partial charge < -0.3 is 30.0 Å². The molecule has 0 saturated carbocycles. The van der Waals surface area contributed by atoms with E-state index >= 15 is 0 Å². The summed E-state index contributed by atoms with van der Waals surface area (Å²) in [6, 6.07) is 16.1. The molecule has 9 nitrogen and oxygen atoms in total. The number of carboxylic acid groups (broad SMARTS) is 1. The first-order chi connectivity index (χ1) is 17.6. The number of hydrogen-bond acceptors (Lipinski definition) is 6. The predicted octanol–water partition coefficient (Wildman–Crippen LogP) is 5.03. The number of aliphatic carboxylic acids is 1. The first-order valence-corrected chi connectivity index (χ1v) is 12.2. The van der Waals surface area contributed by atoms with Gasteiger partial charge in [0.2, 0.25) is 0 Å². The van der Waals surface area contributed by atoms with E-state index < -0.39 is 23.7 Å². The molecule has 2 heterocycles. The number of nitrogens with two attached hydrogens (primary N) is 1. The largest absolute Gasteiger partial charge is 0.480 e. The highest BCUT2D eigenvalue weighted by Gasteiger charge is 2.25. The Bertz CT molecular complexity index is 1400. The average Bonchev–Trinajstić information content (AvgIpc) is 3.43. The van der Waals surface area contributed by atoms with E-state index in [4.69, 9.17) is 15.0 Å². The minimum atomic E-state index is -1.12. The van der Waals surface area contributed by atoms with Gasteiger partial charge in [0.25, 0.3) is 0 Å². The number of alkyl carbamates (subject to hydrolysis) is 1. The van der Waals surface area contributed by atoms with Crippen molar-refractivity contribution in [2.24, 2.45) is 0 Å². The molecule has 0 spiro atoms. The number of carboxylic acids is 1. The number of benzene rings is 2. The first-order valence-electron chi connectivity index (χ1n) is 12.2. The summed E-state index contributed by atoms with van der Waals surface area (Å²) in [7, 11) is 0. The third-order valence-corrected chi connectivity index (χ3v) is 5.85. The number of aromatic nitrogens is 2. The molecule has 0 saturated heterocycles. The lowest BCUT2D eigenvalue weighted by atomic mass is 10.1. The Kier molecular flexibility index (Phi) is 7.52. The maximum Gasteiger partial charge on any atom is 0.408 e. The molecule has 0 aliphatic heterocycles. The molecule has 2 aromatic carbocycles. The van der Waals surface area contributed by atoms with Gasteiger partial charge in [-0.2, -0.15) is 0 Å². The number of ether oxygens (including phenoxy) is 1. The van der Waals surface area contributed by atoms with Gasteiger partial charge in [0, 0.05) is 53.8 Å². The van der Waals surface area contributed by atoms with Gasteiger partial charge in [-0.25, -0.2) is 9.59 Å². The van der Waals surface area contributed by atoms with E-state index in [0.29, 0.717) is 18.7 Å². The monoisotopic (exact) mass is 504 g/mol. The lowest BCUT2D eigenvalue weighted by Gasteiger charge is -2.22. The molecule has 0 aliphatic carbocycles. The van der Waals surface area contributed by atoms with Gasteiger partial charge in [0.05, 0.1) is 0 Å². The van der Waals surface area contributed by atoms with Gasteiger partial charge in [-0.3, -0.25) is 0 Å². The standard InChI is InChI=1S/C28H32N4O5/c1-28(2,3)36-27(35)30-24(26(33)34)15-19-17-32(25-12-5-4-11-22(19)25)13-7-10-21-16-23(31-37-21)18-8-6-9-20(29)14-18/h4-6,8-9,11-12,14,16-17,24H,7,10,13,15,29H2,1-3H3,(H,30,35)(H,33,34)/t24-/m0/s1. The van der Waals surface area contributed by atoms with Gasteiger partial charge in [-0.1, -0.05) is 35.5 Å². The molecule has 0 bridgehead atoms. The molecule has 4 N–H and O–H groups in total. The van der Waals surface area contributed by atoms with Crippen LogP contribution in [0.25, 0.3) is 22.2 Å². The summed E-state index contributed by atoms with van der Waals surface area (Å²) in [4.78, 5) is 24.1. The molecule has 0 unspecified atom stereocenters. The molecule has 4 rings (SSSR count). The van der Waals surface area contributed by atoms with Crippen molar-refractivity contribution >= 4 is 28.7 Å². The maximum atomic E-state index is 12.2. The van der Waals surface area contributed by atoms with Crippen LogP contribution in [0, 0.1) is 0 Å². The SMILES string of the molecule is CC(C)(C)OC(=O)N[C@@H](Cc1cn(CCCc2cc(-c3cccc(N)c3)no2)c2ccccc12)C(=O)O. The van der Waals surface area contributed by atoms with Crippen molar-refractivity contribution in [2.75, 3.05) is 5.73 Å². The molecule has 0 fully saturated rings. The van der Waals surface area contributed by atoms with Crippen LogP contribution in [0.15, 0.2) is 65.3 Å². The van der Waals surface area contributed by atoms with Crippen molar-refractivity contribution in [1.29, 1.82) is 0 Å². The number of nitrogen functional groups attached to an aromatic ring is 1. The molecule has 0 radical (unpaired) electrons. The van der Waals surface area contributed by atoms with Crippen LogP contribution in [0.5, 0.6) is 0 Å². The van der Waals surface area contributed by atoms with E-state index in [2.05, 4.69) is 15.0 Å². The number of amides is 1. The Labute approximate surface area is 215 Å². The number of para-hydroxylation sites is 1. The number of carbonyl (C=O) groups is 2. The minimum absolute atomic E-state index is 0.133. The number of fused-ring (bicyclic) bond motifs is 1. The molecule has 1 amide bonds. The zero-order valence-electron chi connectivity index (χ0n) is 21.2. The van der Waals surface area contributed by atoms with Crippen molar-refractivity contribution < 1.29 is 24.0 Å². The second-order valence-electron chi connectivity index (χ2n) is 10.0. The topological polar surface area (TPSA) is 133 Å². The fourth-order valence-corrected chi connectivity index (χ4v) is 4.23. The summed E-state index contributed by atoms with van der Waals surface area (Å²) in [5, 5.41) is 17.3. The Morgan fingerprint density at radius 1 is 1.16 bits per heavy atom. The van der Waals surface area contributed by atoms with Gasteiger partial charge in [-0.05, 0) is 51.0 Å². The van der Waals surface area contributed by atoms with E-state index in [9.17, 15) is 14.7 Å². The molecule has 1 atom stereocenters. The van der Waals surface area contributed by atoms with Crippen LogP contribution < -0.4 is 11.1 Å². The van der Waals surface area contributed by atoms with Crippen LogP contribution in [0.4, 0.5) is 10.5 Å². The van der Waals surface area contributed by atoms with E-state index in [0.717, 1.165) is 39.9 Å². The van der Waals surface area contributed by atoms with Crippen molar-refractivity contribution in [3.8, 4) is 11.3 Å². The number of rotatable bonds is 9. The summed E-state index contributed by atoms with van der Waals surface area (Å²) < 4.78 is 12.9. The molecule has 9 heteroatoms. The van der Waals surface area contributed by atoms with Crippen LogP contribution in [-0.2, 0) is 28.9 Å². The van der Waals surface area contributed by atoms with Gasteiger partial charge in [0.15, 0.2) is 0 Å². The number of carbonyl (C=O) groups excluding carboxylic acids is 1. The minimum Gasteiger partial charge on any atom is -0.480 e. The number of anilines is 1. The fourth-order valence-electron chi connectivity index (χ4n) is 4.23. The lowest BCUT2D eigenvalue weighted by Crippen LogP contribution is -2.44. The maximum absolute atomic E-state index is 12.2. The van der Waals surface area contributed by atoms with E-state index in [1.165, 1.54) is 0 Å². The zero-order valence-corrected chi connectivity index (χ0v) is 21.2. The quantitative estimate of drug-likeness (QED) is 0.272. The van der Waals surface area contributed by atoms with E-state index in [-0.39, 0.29) is 6.42 Å². The van der Waals surface area contributed by atoms with E-state index in [1.807, 2.05) is 60.8 Å². The average molecular weight is 505 g/mol. The lowest BCUT2D eigenvalue weighted by molar-refractivity contribution is -0.139. The van der Waals surface area contributed by atoms with Crippen molar-refractivity contribution in [2.45, 2.75) is 58.2 Å². The first kappa shape index (κ1) is 25.8. The van der Waals surface area contributed by atoms with Crippen LogP contribution in [0.3, 0.4) is 0 Å². The molecular formula is C28H32N4O5. The molecule has 194 valence electrons. The van der Waals surface area contributed by atoms with Crippen LogP contribution in [0.1, 0.15) is 38.5 Å². The number of hydrogen-bond donors (Lipinski definition) is 3. The Morgan fingerprint density at radius 2 is 1.95 bits per heavy atom. The highest BCUT2D eigenvalue weighted by molar-refractivity contribution is 5.86. The summed E-state index contributed by atoms with van der Waals surface area (Å²) in [5.41, 5.74) is 9.30. The highest BCUT2D eigenvalue weighted by atomic mass is 16.6. The van der Waals surface area contributed by atoms with Crippen molar-refractivity contribution in [3.63, 3.8) is 0 Å². The van der Waals surface area contributed by atoms with Gasteiger partial charge >= 0.3 is 12.1 Å². The van der Waals surface area contributed by atoms with Gasteiger partial charge in [-0.15, -0.1) is 0 Å². The molecule has 4 aromatic rings. The van der Waals surface area contributed by atoms with Crippen molar-refractivity contribution in [3.05, 3.63) is 72.1 Å². The summed E-state index contributed by atoms with van der Waals surface area (Å²) in [6.45, 7) is 5.89. The predicted molar refractivity (Wildman–Crippen MR) is 141 cm³/mol. The molecule has 37 heavy (non-hydrogen) atoms. The molecule has 2 aromatic heterocycles. The summed E-state index contributed by atoms with van der Waals surface area (Å²) in [6.07, 6.45) is 2.81. The Hall–Kier alpha value is -4.27. The van der Waals surface area contributed by atoms with Crippen molar-refractivity contribution in [1.82, 2.24) is 15.0 Å². The molecule has 0 aliphatic rings. The van der Waals surface area contributed by atoms with Crippen LogP contribution in [-0.4, -0.2) is 38.5 Å². The highest BCUT2D eigenvalue weighted by Crippen LogP contribution is 2.25. The summed E-state index contributed by atoms with van der Waals surface area (Å²) in [5.74, 6) is -0.342. The third kappa shape index (κ3) is 6.69. The second-order valence-corrected chi connectivity index (χ2v) is 10.0. The summed E-state index contributed by atoms with van der Waals surface area (Å²) >= 11 is 0. The molecular weight excluding hydrogens is 472 g/mol. The van der Waals surface area contributed by atoms with Crippen LogP contribution >= 0.6 is 0 Å². The Morgan fingerprint density at radius 3 is 2.68 bits per heavy atom. The smallest absolute Gasteiger partial charge is 0.408 e. The van der Waals surface area contributed by atoms with E-state index in [1.54, 1.807) is 20.8 Å². The Balaban J connectivity index is 1.44. The number of nitrogens with zero attached hydrogens (tertiary/aromatic N) is 2. The zero-order chi connectivity index (χ0) is 26.6. The van der Waals surface area contributed by atoms with Gasteiger partial charge in [0.1, 0.15) is 23.1 Å². The third-order valence-electron chi connectivity index (χ3n) is 5.85. The normalized spacial score (nSPS) is 12.4. The number of aryl methyl sites for hydroxylation is 2.